The zero-order valence-corrected chi connectivity index (χ0v) is 34.0. The van der Waals surface area contributed by atoms with E-state index >= 15 is 0 Å². The third-order valence-corrected chi connectivity index (χ3v) is 11.3. The van der Waals surface area contributed by atoms with Crippen molar-refractivity contribution in [2.24, 2.45) is 0 Å². The molecule has 1 aliphatic carbocycles. The van der Waals surface area contributed by atoms with Crippen molar-refractivity contribution in [2.75, 3.05) is 6.61 Å². The first kappa shape index (κ1) is 50.1. The van der Waals surface area contributed by atoms with Crippen molar-refractivity contribution in [3.63, 3.8) is 0 Å². The van der Waals surface area contributed by atoms with Gasteiger partial charge in [-0.05, 0) is 19.3 Å². The normalized spacial score (nSPS) is 24.3. The van der Waals surface area contributed by atoms with E-state index in [0.29, 0.717) is 6.42 Å². The highest BCUT2D eigenvalue weighted by atomic mass is 31.2. The summed E-state index contributed by atoms with van der Waals surface area (Å²) in [5.74, 6) is -0.342. The molecule has 0 spiro atoms. The maximum atomic E-state index is 12.9. The summed E-state index contributed by atoms with van der Waals surface area (Å²) in [6.45, 7) is 3.81. The van der Waals surface area contributed by atoms with Gasteiger partial charge in [0.05, 0.1) is 18.8 Å². The molecule has 12 nitrogen and oxygen atoms in total. The minimum absolute atomic E-state index is 0.217. The molecule has 6 unspecified atom stereocenters. The van der Waals surface area contributed by atoms with Crippen LogP contribution in [0.25, 0.3) is 0 Å². The Labute approximate surface area is 320 Å². The van der Waals surface area contributed by atoms with E-state index in [9.17, 15) is 44.9 Å². The number of aliphatic hydroxyl groups excluding tert-OH is 6. The highest BCUT2D eigenvalue weighted by molar-refractivity contribution is 7.47. The van der Waals surface area contributed by atoms with Crippen LogP contribution < -0.4 is 5.32 Å². The lowest BCUT2D eigenvalue weighted by molar-refractivity contribution is -0.220. The van der Waals surface area contributed by atoms with Crippen LogP contribution in [0.15, 0.2) is 12.2 Å². The Morgan fingerprint density at radius 2 is 1.00 bits per heavy atom. The Balaban J connectivity index is 2.56. The van der Waals surface area contributed by atoms with Gasteiger partial charge in [0.2, 0.25) is 5.91 Å². The molecule has 0 aromatic heterocycles. The van der Waals surface area contributed by atoms with Crippen molar-refractivity contribution in [1.82, 2.24) is 5.32 Å². The third kappa shape index (κ3) is 23.7. The lowest BCUT2D eigenvalue weighted by atomic mass is 9.85. The summed E-state index contributed by atoms with van der Waals surface area (Å²) < 4.78 is 22.8. The van der Waals surface area contributed by atoms with Crippen LogP contribution in [-0.2, 0) is 18.4 Å². The molecule has 13 heteroatoms. The molecule has 0 aromatic carbocycles. The van der Waals surface area contributed by atoms with Gasteiger partial charge in [0.1, 0.15) is 36.6 Å². The molecule has 0 heterocycles. The molecular formula is C40H78NO11P. The smallest absolute Gasteiger partial charge is 0.387 e. The maximum Gasteiger partial charge on any atom is 0.472 e. The van der Waals surface area contributed by atoms with Crippen LogP contribution in [0.1, 0.15) is 181 Å². The van der Waals surface area contributed by atoms with Gasteiger partial charge in [-0.25, -0.2) is 4.57 Å². The molecular weight excluding hydrogens is 701 g/mol. The zero-order chi connectivity index (χ0) is 39.3. The third-order valence-electron chi connectivity index (χ3n) is 10.3. The number of carbonyl (C=O) groups is 1. The van der Waals surface area contributed by atoms with E-state index in [4.69, 9.17) is 9.05 Å². The molecule has 9 atom stereocenters. The minimum atomic E-state index is -5.07. The molecule has 0 aliphatic heterocycles. The van der Waals surface area contributed by atoms with Crippen LogP contribution in [0.5, 0.6) is 0 Å². The molecule has 1 amide bonds. The number of phosphoric acid groups is 1. The standard InChI is InChI=1S/C40H78NO11P/c1-3-5-7-9-11-13-15-16-17-18-20-21-23-25-27-29-33(42)32(41-34(43)30-28-26-24-22-19-14-12-10-8-6-4-2)31-51-53(49,50)52-40-38(47)36(45)35(44)37(46)39(40)48/h27,29,32-33,35-40,42,44-48H,3-26,28,30-31H2,1-2H3,(H,41,43)(H,49,50)/b29-27+/t32-,33+,35?,36+,37?,38?,39?,40?/m0/s1. The van der Waals surface area contributed by atoms with Gasteiger partial charge in [0.25, 0.3) is 0 Å². The number of unbranched alkanes of at least 4 members (excludes halogenated alkanes) is 23. The second-order valence-corrected chi connectivity index (χ2v) is 16.6. The number of amides is 1. The number of hydrogen-bond donors (Lipinski definition) is 8. The predicted molar refractivity (Wildman–Crippen MR) is 209 cm³/mol. The number of phosphoric ester groups is 1. The molecule has 1 saturated carbocycles. The first-order valence-electron chi connectivity index (χ1n) is 21.1. The monoisotopic (exact) mass is 780 g/mol. The van der Waals surface area contributed by atoms with Crippen molar-refractivity contribution < 1.29 is 53.9 Å². The summed E-state index contributed by atoms with van der Waals surface area (Å²) >= 11 is 0. The van der Waals surface area contributed by atoms with Gasteiger partial charge in [-0.2, -0.15) is 0 Å². The molecule has 0 aromatic rings. The topological polar surface area (TPSA) is 206 Å². The summed E-state index contributed by atoms with van der Waals surface area (Å²) in [7, 11) is -5.07. The second kappa shape index (κ2) is 31.2. The molecule has 8 N–H and O–H groups in total. The van der Waals surface area contributed by atoms with Gasteiger partial charge in [-0.3, -0.25) is 13.8 Å². The van der Waals surface area contributed by atoms with Crippen molar-refractivity contribution in [3.8, 4) is 0 Å². The lowest BCUT2D eigenvalue weighted by Gasteiger charge is -2.41. The molecule has 53 heavy (non-hydrogen) atoms. The predicted octanol–water partition coefficient (Wildman–Crippen LogP) is 6.89. The second-order valence-electron chi connectivity index (χ2n) is 15.2. The van der Waals surface area contributed by atoms with E-state index in [1.54, 1.807) is 0 Å². The van der Waals surface area contributed by atoms with Crippen LogP contribution in [0, 0.1) is 0 Å². The van der Waals surface area contributed by atoms with E-state index in [1.165, 1.54) is 115 Å². The SMILES string of the molecule is CCCCCCCCCCCCCCC/C=C/[C@@H](O)[C@H](COP(=O)(O)OC1C(O)C(O)C(O)[C@@H](O)C1O)NC(=O)CCCCCCCCCCCCC. The van der Waals surface area contributed by atoms with Crippen LogP contribution in [-0.4, -0.2) is 96.8 Å². The van der Waals surface area contributed by atoms with Gasteiger partial charge in [-0.1, -0.05) is 167 Å². The Kier molecular flexibility index (Phi) is 29.5. The zero-order valence-electron chi connectivity index (χ0n) is 33.1. The fourth-order valence-corrected chi connectivity index (χ4v) is 7.75. The molecule has 1 aliphatic rings. The highest BCUT2D eigenvalue weighted by Gasteiger charge is 2.51. The van der Waals surface area contributed by atoms with E-state index in [1.807, 2.05) is 6.08 Å². The van der Waals surface area contributed by atoms with Crippen LogP contribution in [0.3, 0.4) is 0 Å². The highest BCUT2D eigenvalue weighted by Crippen LogP contribution is 2.47. The molecule has 1 rings (SSSR count). The fourth-order valence-electron chi connectivity index (χ4n) is 6.78. The first-order chi connectivity index (χ1) is 25.4. The van der Waals surface area contributed by atoms with Gasteiger partial charge in [0, 0.05) is 6.42 Å². The average Bonchev–Trinajstić information content (AvgIpc) is 3.13. The lowest BCUT2D eigenvalue weighted by Crippen LogP contribution is -2.64. The van der Waals surface area contributed by atoms with Crippen molar-refractivity contribution in [1.29, 1.82) is 0 Å². The summed E-state index contributed by atoms with van der Waals surface area (Å²) in [5.41, 5.74) is 0. The van der Waals surface area contributed by atoms with Gasteiger partial charge in [0.15, 0.2) is 0 Å². The summed E-state index contributed by atoms with van der Waals surface area (Å²) in [6, 6.07) is -1.11. The van der Waals surface area contributed by atoms with Gasteiger partial charge < -0.3 is 40.8 Å². The number of allylic oxidation sites excluding steroid dienone is 1. The number of hydrogen-bond acceptors (Lipinski definition) is 10. The molecule has 0 radical (unpaired) electrons. The van der Waals surface area contributed by atoms with Crippen LogP contribution in [0.2, 0.25) is 0 Å². The Morgan fingerprint density at radius 1 is 0.623 bits per heavy atom. The Morgan fingerprint density at radius 3 is 1.43 bits per heavy atom. The van der Waals surface area contributed by atoms with Gasteiger partial charge in [-0.15, -0.1) is 0 Å². The van der Waals surface area contributed by atoms with Crippen LogP contribution in [0.4, 0.5) is 0 Å². The van der Waals surface area contributed by atoms with E-state index in [0.717, 1.165) is 44.9 Å². The average molecular weight is 780 g/mol. The van der Waals surface area contributed by atoms with Crippen molar-refractivity contribution in [2.45, 2.75) is 230 Å². The molecule has 1 fully saturated rings. The fraction of sp³-hybridized carbons (Fsp3) is 0.925. The Bertz CT molecular complexity index is 957. The summed E-state index contributed by atoms with van der Waals surface area (Å²) in [4.78, 5) is 23.2. The quantitative estimate of drug-likeness (QED) is 0.0192. The first-order valence-corrected chi connectivity index (χ1v) is 22.6. The number of carbonyl (C=O) groups excluding carboxylic acids is 1. The number of rotatable bonds is 34. The Hall–Kier alpha value is -0.920. The summed E-state index contributed by atoms with van der Waals surface area (Å²) in [6.07, 6.45) is 20.0. The van der Waals surface area contributed by atoms with E-state index < -0.39 is 63.2 Å². The number of nitrogens with one attached hydrogen (secondary N) is 1. The number of aliphatic hydroxyl groups is 6. The van der Waals surface area contributed by atoms with E-state index in [2.05, 4.69) is 19.2 Å². The van der Waals surface area contributed by atoms with E-state index in [-0.39, 0.29) is 12.3 Å². The molecule has 0 saturated heterocycles. The molecule has 0 bridgehead atoms. The summed E-state index contributed by atoms with van der Waals surface area (Å²) in [5, 5.41) is 63.8. The van der Waals surface area contributed by atoms with Gasteiger partial charge >= 0.3 is 7.82 Å². The maximum absolute atomic E-state index is 12.9. The van der Waals surface area contributed by atoms with Crippen molar-refractivity contribution >= 4 is 13.7 Å². The minimum Gasteiger partial charge on any atom is -0.387 e. The largest absolute Gasteiger partial charge is 0.472 e. The van der Waals surface area contributed by atoms with Crippen LogP contribution >= 0.6 is 7.82 Å². The molecule has 314 valence electrons. The van der Waals surface area contributed by atoms with Crippen molar-refractivity contribution in [3.05, 3.63) is 12.2 Å².